The van der Waals surface area contributed by atoms with Crippen molar-refractivity contribution in [2.24, 2.45) is 17.8 Å². The Bertz CT molecular complexity index is 997. The molecule has 4 rings (SSSR count). The van der Waals surface area contributed by atoms with E-state index in [1.807, 2.05) is 18.2 Å². The lowest BCUT2D eigenvalue weighted by Gasteiger charge is -2.49. The maximum Gasteiger partial charge on any atom is 0.223 e. The van der Waals surface area contributed by atoms with Crippen LogP contribution in [0.15, 0.2) is 24.3 Å². The Morgan fingerprint density at radius 3 is 2.44 bits per heavy atom. The molecule has 6 atom stereocenters. The summed E-state index contributed by atoms with van der Waals surface area (Å²) in [5.74, 6) is 2.31. The van der Waals surface area contributed by atoms with Gasteiger partial charge in [0.25, 0.3) is 0 Å². The van der Waals surface area contributed by atoms with Crippen LogP contribution in [0.25, 0.3) is 10.9 Å². The van der Waals surface area contributed by atoms with Crippen molar-refractivity contribution in [2.45, 2.75) is 64.2 Å². The van der Waals surface area contributed by atoms with Gasteiger partial charge >= 0.3 is 0 Å². The van der Waals surface area contributed by atoms with E-state index >= 15 is 0 Å². The first-order valence-electron chi connectivity index (χ1n) is 12.6. The number of rotatable bonds is 9. The third-order valence-corrected chi connectivity index (χ3v) is 7.80. The molecule has 7 nitrogen and oxygen atoms in total. The van der Waals surface area contributed by atoms with E-state index in [-0.39, 0.29) is 36.0 Å². The first kappa shape index (κ1) is 24.7. The van der Waals surface area contributed by atoms with Crippen LogP contribution < -0.4 is 15.4 Å². The van der Waals surface area contributed by atoms with Crippen LogP contribution in [0.1, 0.15) is 45.1 Å². The van der Waals surface area contributed by atoms with Gasteiger partial charge in [-0.1, -0.05) is 13.8 Å². The summed E-state index contributed by atoms with van der Waals surface area (Å²) < 4.78 is 17.0. The molecule has 1 aliphatic carbocycles. The van der Waals surface area contributed by atoms with Crippen LogP contribution in [-0.4, -0.2) is 57.0 Å². The van der Waals surface area contributed by atoms with Gasteiger partial charge in [0.15, 0.2) is 0 Å². The molecule has 0 spiro atoms. The molecule has 1 saturated carbocycles. The van der Waals surface area contributed by atoms with Gasteiger partial charge in [-0.25, -0.2) is 4.98 Å². The minimum absolute atomic E-state index is 0.00818. The molecular weight excluding hydrogens is 430 g/mol. The summed E-state index contributed by atoms with van der Waals surface area (Å²) in [6.45, 7) is 5.13. The van der Waals surface area contributed by atoms with E-state index in [1.54, 1.807) is 21.3 Å². The maximum absolute atomic E-state index is 13.4. The first-order valence-corrected chi connectivity index (χ1v) is 12.6. The van der Waals surface area contributed by atoms with E-state index in [0.717, 1.165) is 60.3 Å². The minimum atomic E-state index is -0.129. The Hall–Kier alpha value is -2.38. The van der Waals surface area contributed by atoms with Gasteiger partial charge in [-0.05, 0) is 73.8 Å². The third-order valence-electron chi connectivity index (χ3n) is 7.80. The highest BCUT2D eigenvalue weighted by atomic mass is 16.5. The zero-order valence-electron chi connectivity index (χ0n) is 21.1. The highest BCUT2D eigenvalue weighted by molar-refractivity contribution is 5.84. The molecular formula is C27H39N3O4. The summed E-state index contributed by atoms with van der Waals surface area (Å²) in [5.41, 5.74) is 1.99. The fraction of sp³-hybridized carbons (Fsp3) is 0.630. The van der Waals surface area contributed by atoms with Crippen LogP contribution in [0.2, 0.25) is 0 Å². The summed E-state index contributed by atoms with van der Waals surface area (Å²) in [6, 6.07) is 8.28. The molecule has 0 bridgehead atoms. The largest absolute Gasteiger partial charge is 0.497 e. The number of methoxy groups -OCH3 is 3. The number of aromatic nitrogens is 1. The standard InChI is InChI=1S/C27H39N3O4/c1-6-10-28-26-17(11-16-12-18(32-3)8-9-23(16)29-26)13-21-19-14-24(33-4)25(34-5)15-20(19)22(7-2)30-27(21)31/h8-9,11-12,19-22,24-25H,6-7,10,13-15H2,1-5H3,(H,28,29)(H,30,31). The Morgan fingerprint density at radius 2 is 1.79 bits per heavy atom. The number of ether oxygens (including phenoxy) is 3. The molecule has 2 aromatic rings. The molecule has 1 saturated heterocycles. The number of hydrogen-bond acceptors (Lipinski definition) is 6. The van der Waals surface area contributed by atoms with Crippen LogP contribution in [-0.2, 0) is 20.7 Å². The molecule has 7 heteroatoms. The number of fused-ring (bicyclic) bond motifs is 2. The van der Waals surface area contributed by atoms with E-state index in [2.05, 4.69) is 30.5 Å². The SMILES string of the molecule is CCCNc1nc2ccc(OC)cc2cc1CC1C(=O)NC(CC)C2CC(OC)C(OC)CC12. The van der Waals surface area contributed by atoms with Crippen molar-refractivity contribution in [1.82, 2.24) is 10.3 Å². The Balaban J connectivity index is 1.70. The second kappa shape index (κ2) is 10.9. The average Bonchev–Trinajstić information content (AvgIpc) is 2.87. The van der Waals surface area contributed by atoms with Gasteiger partial charge in [0.05, 0.1) is 24.8 Å². The zero-order chi connectivity index (χ0) is 24.2. The molecule has 2 heterocycles. The van der Waals surface area contributed by atoms with E-state index in [1.165, 1.54) is 0 Å². The minimum Gasteiger partial charge on any atom is -0.497 e. The van der Waals surface area contributed by atoms with Crippen LogP contribution in [0, 0.1) is 17.8 Å². The normalized spacial score (nSPS) is 28.9. The van der Waals surface area contributed by atoms with Crippen molar-refractivity contribution in [2.75, 3.05) is 33.2 Å². The Kier molecular flexibility index (Phi) is 7.94. The number of carbonyl (C=O) groups excluding carboxylic acids is 1. The van der Waals surface area contributed by atoms with Crippen LogP contribution >= 0.6 is 0 Å². The highest BCUT2D eigenvalue weighted by Crippen LogP contribution is 2.44. The van der Waals surface area contributed by atoms with Gasteiger partial charge in [-0.15, -0.1) is 0 Å². The smallest absolute Gasteiger partial charge is 0.223 e. The summed E-state index contributed by atoms with van der Waals surface area (Å²) in [5, 5.41) is 7.85. The van der Waals surface area contributed by atoms with Crippen LogP contribution in [0.5, 0.6) is 5.75 Å². The van der Waals surface area contributed by atoms with Crippen molar-refractivity contribution < 1.29 is 19.0 Å². The number of amides is 1. The Morgan fingerprint density at radius 1 is 1.06 bits per heavy atom. The lowest BCUT2D eigenvalue weighted by molar-refractivity contribution is -0.144. The predicted octanol–water partition coefficient (Wildman–Crippen LogP) is 4.19. The molecule has 2 N–H and O–H groups in total. The molecule has 2 fully saturated rings. The molecule has 34 heavy (non-hydrogen) atoms. The number of hydrogen-bond donors (Lipinski definition) is 2. The fourth-order valence-corrected chi connectivity index (χ4v) is 5.97. The fourth-order valence-electron chi connectivity index (χ4n) is 5.97. The lowest BCUT2D eigenvalue weighted by atomic mass is 9.63. The lowest BCUT2D eigenvalue weighted by Crippen LogP contribution is -2.59. The molecule has 1 aliphatic heterocycles. The van der Waals surface area contributed by atoms with Gasteiger partial charge in [0.2, 0.25) is 5.91 Å². The van der Waals surface area contributed by atoms with E-state index < -0.39 is 0 Å². The molecule has 186 valence electrons. The number of nitrogens with one attached hydrogen (secondary N) is 2. The summed E-state index contributed by atoms with van der Waals surface area (Å²) >= 11 is 0. The predicted molar refractivity (Wildman–Crippen MR) is 134 cm³/mol. The summed E-state index contributed by atoms with van der Waals surface area (Å²) in [4.78, 5) is 18.3. The van der Waals surface area contributed by atoms with Crippen molar-refractivity contribution in [3.63, 3.8) is 0 Å². The molecule has 1 amide bonds. The Labute approximate surface area is 202 Å². The number of carbonyl (C=O) groups is 1. The van der Waals surface area contributed by atoms with Crippen molar-refractivity contribution in [3.8, 4) is 5.75 Å². The topological polar surface area (TPSA) is 81.7 Å². The van der Waals surface area contributed by atoms with E-state index in [0.29, 0.717) is 12.3 Å². The number of nitrogens with zero attached hydrogens (tertiary/aromatic N) is 1. The monoisotopic (exact) mass is 469 g/mol. The quantitative estimate of drug-likeness (QED) is 0.573. The summed E-state index contributed by atoms with van der Waals surface area (Å²) in [7, 11) is 5.18. The van der Waals surface area contributed by atoms with E-state index in [9.17, 15) is 4.79 Å². The molecule has 2 aliphatic rings. The second-order valence-corrected chi connectivity index (χ2v) is 9.66. The second-order valence-electron chi connectivity index (χ2n) is 9.66. The van der Waals surface area contributed by atoms with Crippen LogP contribution in [0.4, 0.5) is 5.82 Å². The number of pyridine rings is 1. The molecule has 1 aromatic carbocycles. The number of anilines is 1. The first-order chi connectivity index (χ1) is 16.5. The highest BCUT2D eigenvalue weighted by Gasteiger charge is 2.49. The van der Waals surface area contributed by atoms with Crippen molar-refractivity contribution in [3.05, 3.63) is 29.8 Å². The average molecular weight is 470 g/mol. The van der Waals surface area contributed by atoms with Crippen molar-refractivity contribution >= 4 is 22.6 Å². The summed E-state index contributed by atoms with van der Waals surface area (Å²) in [6.07, 6.45) is 4.38. The van der Waals surface area contributed by atoms with Gasteiger partial charge in [-0.3, -0.25) is 4.79 Å². The van der Waals surface area contributed by atoms with Crippen molar-refractivity contribution in [1.29, 1.82) is 0 Å². The zero-order valence-corrected chi connectivity index (χ0v) is 21.1. The van der Waals surface area contributed by atoms with Gasteiger partial charge < -0.3 is 24.8 Å². The molecule has 6 unspecified atom stereocenters. The number of piperidine rings is 1. The van der Waals surface area contributed by atoms with Crippen LogP contribution in [0.3, 0.4) is 0 Å². The van der Waals surface area contributed by atoms with Gasteiger partial charge in [0.1, 0.15) is 11.6 Å². The molecule has 0 radical (unpaired) electrons. The third kappa shape index (κ3) is 4.86. The number of benzene rings is 1. The van der Waals surface area contributed by atoms with Gasteiger partial charge in [0, 0.05) is 38.1 Å². The van der Waals surface area contributed by atoms with E-state index in [4.69, 9.17) is 19.2 Å². The maximum atomic E-state index is 13.4. The van der Waals surface area contributed by atoms with Gasteiger partial charge in [-0.2, -0.15) is 0 Å². The molecule has 1 aromatic heterocycles.